The van der Waals surface area contributed by atoms with E-state index in [9.17, 15) is 13.6 Å². The molecule has 1 amide bonds. The largest absolute Gasteiger partial charge is 0.347 e. The van der Waals surface area contributed by atoms with Gasteiger partial charge in [-0.15, -0.1) is 11.3 Å². The Balaban J connectivity index is 1.74. The van der Waals surface area contributed by atoms with Gasteiger partial charge < -0.3 is 11.1 Å². The number of thiophene rings is 1. The van der Waals surface area contributed by atoms with Crippen LogP contribution in [0, 0.1) is 18.6 Å². The number of aromatic amines is 1. The highest BCUT2D eigenvalue weighted by molar-refractivity contribution is 7.17. The van der Waals surface area contributed by atoms with E-state index in [4.69, 9.17) is 5.73 Å². The Kier molecular flexibility index (Phi) is 6.76. The highest BCUT2D eigenvalue weighted by atomic mass is 32.1. The molecule has 0 spiro atoms. The number of carbonyl (C=O) groups excluding carboxylic acids is 1. The molecule has 2 heterocycles. The van der Waals surface area contributed by atoms with Crippen LogP contribution in [0.4, 0.5) is 8.78 Å². The molecule has 154 valence electrons. The maximum Gasteiger partial charge on any atom is 0.261 e. The van der Waals surface area contributed by atoms with E-state index >= 15 is 0 Å². The standard InChI is InChI=1S/C21H24F2N4OS/c1-3-4-18-15(11-25-27-18)20-12(2)7-19(29-20)21(28)26-14(10-24)8-13-5-6-16(22)17(23)9-13/h5-7,9,11,14H,3-4,8,10,24H2,1-2H3,(H,25,27)(H,26,28)/t14-/m0/s1. The number of hydrogen-bond acceptors (Lipinski definition) is 4. The van der Waals surface area contributed by atoms with Crippen molar-refractivity contribution in [1.82, 2.24) is 15.5 Å². The van der Waals surface area contributed by atoms with Gasteiger partial charge >= 0.3 is 0 Å². The van der Waals surface area contributed by atoms with Gasteiger partial charge in [-0.1, -0.05) is 19.4 Å². The number of H-pyrrole nitrogens is 1. The summed E-state index contributed by atoms with van der Waals surface area (Å²) in [5.41, 5.74) is 9.37. The van der Waals surface area contributed by atoms with E-state index in [-0.39, 0.29) is 18.5 Å². The maximum absolute atomic E-state index is 13.4. The molecule has 2 aromatic heterocycles. The Hall–Kier alpha value is -2.58. The van der Waals surface area contributed by atoms with E-state index < -0.39 is 11.6 Å². The van der Waals surface area contributed by atoms with Crippen LogP contribution in [0.5, 0.6) is 0 Å². The number of nitrogens with one attached hydrogen (secondary N) is 2. The van der Waals surface area contributed by atoms with Gasteiger partial charge in [0.05, 0.1) is 10.6 Å². The first-order valence-corrected chi connectivity index (χ1v) is 10.3. The van der Waals surface area contributed by atoms with Crippen molar-refractivity contribution in [2.45, 2.75) is 39.2 Å². The lowest BCUT2D eigenvalue weighted by Crippen LogP contribution is -2.41. The second-order valence-electron chi connectivity index (χ2n) is 6.98. The number of aromatic nitrogens is 2. The fourth-order valence-electron chi connectivity index (χ4n) is 3.20. The number of nitrogens with two attached hydrogens (primary N) is 1. The zero-order chi connectivity index (χ0) is 21.0. The van der Waals surface area contributed by atoms with Crippen molar-refractivity contribution in [1.29, 1.82) is 0 Å². The molecule has 0 aliphatic carbocycles. The molecule has 3 rings (SSSR count). The fraction of sp³-hybridized carbons (Fsp3) is 0.333. The first-order valence-electron chi connectivity index (χ1n) is 9.51. The van der Waals surface area contributed by atoms with Crippen molar-refractivity contribution < 1.29 is 13.6 Å². The van der Waals surface area contributed by atoms with Crippen LogP contribution in [0.1, 0.15) is 39.8 Å². The summed E-state index contributed by atoms with van der Waals surface area (Å²) in [6, 6.07) is 5.17. The van der Waals surface area contributed by atoms with Crippen LogP contribution >= 0.6 is 11.3 Å². The van der Waals surface area contributed by atoms with Gasteiger partial charge in [-0.25, -0.2) is 8.78 Å². The number of nitrogens with zero attached hydrogens (tertiary/aromatic N) is 1. The Labute approximate surface area is 172 Å². The first-order chi connectivity index (χ1) is 13.9. The quantitative estimate of drug-likeness (QED) is 0.517. The van der Waals surface area contributed by atoms with E-state index in [1.54, 1.807) is 0 Å². The van der Waals surface area contributed by atoms with E-state index in [1.807, 2.05) is 19.2 Å². The minimum absolute atomic E-state index is 0.185. The van der Waals surface area contributed by atoms with Gasteiger partial charge in [-0.3, -0.25) is 9.89 Å². The monoisotopic (exact) mass is 418 g/mol. The molecule has 1 atom stereocenters. The third kappa shape index (κ3) is 4.89. The number of amides is 1. The van der Waals surface area contributed by atoms with Crippen molar-refractivity contribution in [2.75, 3.05) is 6.54 Å². The first kappa shape index (κ1) is 21.1. The number of carbonyl (C=O) groups is 1. The highest BCUT2D eigenvalue weighted by Crippen LogP contribution is 2.34. The summed E-state index contributed by atoms with van der Waals surface area (Å²) in [5.74, 6) is -2.04. The SMILES string of the molecule is CCCc1n[nH]cc1-c1sc(C(=O)N[C@H](CN)Cc2ccc(F)c(F)c2)cc1C. The second-order valence-corrected chi connectivity index (χ2v) is 8.03. The molecule has 0 radical (unpaired) electrons. The molecule has 0 aliphatic heterocycles. The minimum Gasteiger partial charge on any atom is -0.347 e. The van der Waals surface area contributed by atoms with Crippen LogP contribution in [-0.2, 0) is 12.8 Å². The molecule has 1 aromatic carbocycles. The predicted molar refractivity (Wildman–Crippen MR) is 111 cm³/mol. The molecule has 0 fully saturated rings. The summed E-state index contributed by atoms with van der Waals surface area (Å²) in [6.45, 7) is 4.25. The lowest BCUT2D eigenvalue weighted by molar-refractivity contribution is 0.0942. The third-order valence-corrected chi connectivity index (χ3v) is 5.95. The molecule has 5 nitrogen and oxygen atoms in total. The summed E-state index contributed by atoms with van der Waals surface area (Å²) < 4.78 is 26.5. The molecular formula is C21H24F2N4OS. The average Bonchev–Trinajstić information content (AvgIpc) is 3.30. The van der Waals surface area contributed by atoms with Crippen molar-refractivity contribution in [3.05, 3.63) is 63.8 Å². The molecule has 0 saturated heterocycles. The van der Waals surface area contributed by atoms with Gasteiger partial charge in [0.25, 0.3) is 5.91 Å². The lowest BCUT2D eigenvalue weighted by atomic mass is 10.1. The van der Waals surface area contributed by atoms with Crippen LogP contribution in [0.3, 0.4) is 0 Å². The molecule has 0 unspecified atom stereocenters. The summed E-state index contributed by atoms with van der Waals surface area (Å²) in [7, 11) is 0. The van der Waals surface area contributed by atoms with E-state index in [0.717, 1.165) is 46.7 Å². The Bertz CT molecular complexity index is 998. The molecule has 4 N–H and O–H groups in total. The van der Waals surface area contributed by atoms with Crippen LogP contribution in [0.15, 0.2) is 30.5 Å². The van der Waals surface area contributed by atoms with Crippen LogP contribution < -0.4 is 11.1 Å². The normalized spacial score (nSPS) is 12.2. The third-order valence-electron chi connectivity index (χ3n) is 4.68. The van der Waals surface area contributed by atoms with Gasteiger partial charge in [0.15, 0.2) is 11.6 Å². The molecule has 0 aliphatic rings. The summed E-state index contributed by atoms with van der Waals surface area (Å²) in [6.07, 6.45) is 4.02. The molecule has 3 aromatic rings. The summed E-state index contributed by atoms with van der Waals surface area (Å²) >= 11 is 1.41. The summed E-state index contributed by atoms with van der Waals surface area (Å²) in [5, 5.41) is 10.1. The number of halogens is 2. The number of aryl methyl sites for hydroxylation is 2. The van der Waals surface area contributed by atoms with E-state index in [1.165, 1.54) is 17.4 Å². The van der Waals surface area contributed by atoms with Crippen LogP contribution in [0.2, 0.25) is 0 Å². The minimum atomic E-state index is -0.911. The van der Waals surface area contributed by atoms with Crippen LogP contribution in [0.25, 0.3) is 10.4 Å². The van der Waals surface area contributed by atoms with Crippen LogP contribution in [-0.4, -0.2) is 28.7 Å². The van der Waals surface area contributed by atoms with E-state index in [2.05, 4.69) is 22.4 Å². The zero-order valence-electron chi connectivity index (χ0n) is 16.4. The smallest absolute Gasteiger partial charge is 0.261 e. The molecule has 29 heavy (non-hydrogen) atoms. The predicted octanol–water partition coefficient (Wildman–Crippen LogP) is 3.98. The van der Waals surface area contributed by atoms with E-state index in [0.29, 0.717) is 16.9 Å². The summed E-state index contributed by atoms with van der Waals surface area (Å²) in [4.78, 5) is 14.3. The highest BCUT2D eigenvalue weighted by Gasteiger charge is 2.19. The van der Waals surface area contributed by atoms with Gasteiger partial charge in [-0.2, -0.15) is 5.10 Å². The van der Waals surface area contributed by atoms with Crippen molar-refractivity contribution in [3.63, 3.8) is 0 Å². The Morgan fingerprint density at radius 1 is 1.31 bits per heavy atom. The molecular weight excluding hydrogens is 394 g/mol. The van der Waals surface area contributed by atoms with Gasteiger partial charge in [0.2, 0.25) is 0 Å². The second kappa shape index (κ2) is 9.28. The molecule has 8 heteroatoms. The number of hydrogen-bond donors (Lipinski definition) is 3. The van der Waals surface area contributed by atoms with Crippen molar-refractivity contribution in [2.24, 2.45) is 5.73 Å². The van der Waals surface area contributed by atoms with Crippen molar-refractivity contribution in [3.8, 4) is 10.4 Å². The average molecular weight is 419 g/mol. The molecule has 0 saturated carbocycles. The van der Waals surface area contributed by atoms with Crippen molar-refractivity contribution >= 4 is 17.2 Å². The number of rotatable bonds is 8. The van der Waals surface area contributed by atoms with Gasteiger partial charge in [-0.05, 0) is 49.1 Å². The maximum atomic E-state index is 13.4. The Morgan fingerprint density at radius 3 is 2.79 bits per heavy atom. The lowest BCUT2D eigenvalue weighted by Gasteiger charge is -2.16. The molecule has 0 bridgehead atoms. The number of benzene rings is 1. The fourth-order valence-corrected chi connectivity index (χ4v) is 4.32. The Morgan fingerprint density at radius 2 is 2.10 bits per heavy atom. The zero-order valence-corrected chi connectivity index (χ0v) is 17.2. The van der Waals surface area contributed by atoms with Gasteiger partial charge in [0.1, 0.15) is 0 Å². The topological polar surface area (TPSA) is 83.8 Å². The van der Waals surface area contributed by atoms with Gasteiger partial charge in [0, 0.05) is 29.2 Å².